The van der Waals surface area contributed by atoms with Gasteiger partial charge >= 0.3 is 0 Å². The molecule has 5 rings (SSSR count). The summed E-state index contributed by atoms with van der Waals surface area (Å²) in [5.74, 6) is 0.784. The van der Waals surface area contributed by atoms with Crippen LogP contribution in [0.25, 0.3) is 33.5 Å². The maximum Gasteiger partial charge on any atom is 0.257 e. The van der Waals surface area contributed by atoms with Crippen LogP contribution in [0.1, 0.15) is 5.69 Å². The van der Waals surface area contributed by atoms with Crippen LogP contribution in [0.5, 0.6) is 0 Å². The molecule has 0 amide bonds. The van der Waals surface area contributed by atoms with E-state index >= 15 is 0 Å². The molecular weight excluding hydrogens is 450 g/mol. The van der Waals surface area contributed by atoms with E-state index in [1.807, 2.05) is 66.7 Å². The number of hydrogen-bond acceptors (Lipinski definition) is 8. The first kappa shape index (κ1) is 21.6. The van der Waals surface area contributed by atoms with Crippen LogP contribution in [-0.2, 0) is 16.6 Å². The Hall–Kier alpha value is -4.28. The molecule has 10 heteroatoms. The van der Waals surface area contributed by atoms with Gasteiger partial charge in [0.25, 0.3) is 10.0 Å². The Bertz CT molecular complexity index is 1580. The normalized spacial score (nSPS) is 11.4. The smallest absolute Gasteiger partial charge is 0.257 e. The third-order valence-electron chi connectivity index (χ3n) is 5.10. The predicted molar refractivity (Wildman–Crippen MR) is 129 cm³/mol. The van der Waals surface area contributed by atoms with E-state index in [4.69, 9.17) is 10.1 Å². The largest absolute Gasteiger partial charge is 0.364 e. The number of hydrogen-bond donors (Lipinski definition) is 2. The quantitative estimate of drug-likeness (QED) is 0.386. The molecule has 0 radical (unpaired) electrons. The Kier molecular flexibility index (Phi) is 5.66. The van der Waals surface area contributed by atoms with Gasteiger partial charge in [-0.1, -0.05) is 48.5 Å². The Morgan fingerprint density at radius 1 is 0.853 bits per heavy atom. The van der Waals surface area contributed by atoms with E-state index in [-0.39, 0.29) is 16.5 Å². The minimum Gasteiger partial charge on any atom is -0.364 e. The summed E-state index contributed by atoms with van der Waals surface area (Å²) in [7, 11) is -4.03. The van der Waals surface area contributed by atoms with Gasteiger partial charge in [0.05, 0.1) is 35.5 Å². The highest BCUT2D eigenvalue weighted by Crippen LogP contribution is 2.33. The van der Waals surface area contributed by atoms with Gasteiger partial charge < -0.3 is 5.32 Å². The zero-order valence-corrected chi connectivity index (χ0v) is 18.6. The van der Waals surface area contributed by atoms with Gasteiger partial charge in [0.1, 0.15) is 11.5 Å². The number of benzene rings is 2. The first-order chi connectivity index (χ1) is 16.5. The summed E-state index contributed by atoms with van der Waals surface area (Å²) in [6.45, 7) is 0.429. The summed E-state index contributed by atoms with van der Waals surface area (Å²) in [6, 6.07) is 21.4. The molecule has 0 spiro atoms. The third-order valence-corrected chi connectivity index (χ3v) is 5.88. The van der Waals surface area contributed by atoms with Crippen molar-refractivity contribution < 1.29 is 8.42 Å². The molecule has 0 saturated carbocycles. The lowest BCUT2D eigenvalue weighted by molar-refractivity contribution is 0.593. The lowest BCUT2D eigenvalue weighted by atomic mass is 10.0. The Morgan fingerprint density at radius 2 is 1.68 bits per heavy atom. The van der Waals surface area contributed by atoms with Gasteiger partial charge in [-0.05, 0) is 29.3 Å². The zero-order valence-electron chi connectivity index (χ0n) is 17.8. The fourth-order valence-electron chi connectivity index (χ4n) is 3.55. The first-order valence-electron chi connectivity index (χ1n) is 10.3. The standard InChI is InChI=1S/C24H19N7O2S/c25-34(32,33)21-15-26-14-20(29-21)23-30-19-11-6-10-18(16-7-2-1-3-8-16)22(19)24(31-23)28-13-17-9-4-5-12-27-17/h1-12,14-15H,13H2,(H2,25,32,33)(H,28,30,31). The Labute approximate surface area is 195 Å². The van der Waals surface area contributed by atoms with E-state index in [1.165, 1.54) is 6.20 Å². The average molecular weight is 470 g/mol. The Balaban J connectivity index is 1.69. The molecule has 2 aromatic carbocycles. The third kappa shape index (κ3) is 4.45. The second kappa shape index (κ2) is 8.93. The number of primary sulfonamides is 1. The number of rotatable bonds is 6. The van der Waals surface area contributed by atoms with E-state index in [2.05, 4.69) is 25.3 Å². The molecule has 9 nitrogen and oxygen atoms in total. The number of anilines is 1. The Morgan fingerprint density at radius 3 is 2.44 bits per heavy atom. The number of nitrogens with two attached hydrogens (primary N) is 1. The molecule has 0 atom stereocenters. The van der Waals surface area contributed by atoms with E-state index in [9.17, 15) is 8.42 Å². The number of aromatic nitrogens is 5. The van der Waals surface area contributed by atoms with E-state index in [0.717, 1.165) is 28.4 Å². The van der Waals surface area contributed by atoms with Crippen molar-refractivity contribution in [3.63, 3.8) is 0 Å². The van der Waals surface area contributed by atoms with Crippen LogP contribution in [0.15, 0.2) is 90.3 Å². The molecule has 3 aromatic heterocycles. The van der Waals surface area contributed by atoms with Crippen LogP contribution in [-0.4, -0.2) is 33.3 Å². The van der Waals surface area contributed by atoms with E-state index in [1.54, 1.807) is 6.20 Å². The van der Waals surface area contributed by atoms with Gasteiger partial charge in [-0.2, -0.15) is 0 Å². The van der Waals surface area contributed by atoms with Crippen molar-refractivity contribution in [3.8, 4) is 22.6 Å². The molecule has 0 aliphatic carbocycles. The lowest BCUT2D eigenvalue weighted by Gasteiger charge is -2.14. The molecule has 168 valence electrons. The maximum absolute atomic E-state index is 11.8. The molecule has 0 unspecified atom stereocenters. The molecule has 0 bridgehead atoms. The number of fused-ring (bicyclic) bond motifs is 1. The van der Waals surface area contributed by atoms with Gasteiger partial charge in [0.2, 0.25) is 0 Å². The van der Waals surface area contributed by atoms with Crippen LogP contribution >= 0.6 is 0 Å². The minimum atomic E-state index is -4.03. The number of nitrogens with zero attached hydrogens (tertiary/aromatic N) is 5. The summed E-state index contributed by atoms with van der Waals surface area (Å²) in [5.41, 5.74) is 3.67. The van der Waals surface area contributed by atoms with Gasteiger partial charge in [0, 0.05) is 6.20 Å². The van der Waals surface area contributed by atoms with Gasteiger partial charge in [0.15, 0.2) is 10.9 Å². The van der Waals surface area contributed by atoms with Gasteiger partial charge in [-0.3, -0.25) is 9.97 Å². The van der Waals surface area contributed by atoms with Crippen LogP contribution in [0.2, 0.25) is 0 Å². The summed E-state index contributed by atoms with van der Waals surface area (Å²) < 4.78 is 23.5. The highest BCUT2D eigenvalue weighted by molar-refractivity contribution is 7.89. The van der Waals surface area contributed by atoms with Crippen molar-refractivity contribution in [2.75, 3.05) is 5.32 Å². The molecule has 3 N–H and O–H groups in total. The highest BCUT2D eigenvalue weighted by atomic mass is 32.2. The average Bonchev–Trinajstić information content (AvgIpc) is 2.87. The zero-order chi connectivity index (χ0) is 23.5. The molecule has 0 saturated heterocycles. The molecule has 34 heavy (non-hydrogen) atoms. The molecule has 5 aromatic rings. The molecule has 0 aliphatic heterocycles. The van der Waals surface area contributed by atoms with Crippen molar-refractivity contribution >= 4 is 26.7 Å². The predicted octanol–water partition coefficient (Wildman–Crippen LogP) is 3.41. The van der Waals surface area contributed by atoms with Crippen molar-refractivity contribution in [2.45, 2.75) is 11.6 Å². The van der Waals surface area contributed by atoms with Crippen LogP contribution in [0, 0.1) is 0 Å². The monoisotopic (exact) mass is 469 g/mol. The van der Waals surface area contributed by atoms with Gasteiger partial charge in [-0.15, -0.1) is 0 Å². The van der Waals surface area contributed by atoms with E-state index < -0.39 is 10.0 Å². The fraction of sp³-hybridized carbons (Fsp3) is 0.0417. The van der Waals surface area contributed by atoms with Crippen LogP contribution in [0.4, 0.5) is 5.82 Å². The first-order valence-corrected chi connectivity index (χ1v) is 11.9. The topological polar surface area (TPSA) is 137 Å². The van der Waals surface area contributed by atoms with Crippen molar-refractivity contribution in [1.29, 1.82) is 0 Å². The fourth-order valence-corrected chi connectivity index (χ4v) is 3.99. The second-order valence-corrected chi connectivity index (χ2v) is 8.93. The molecule has 0 fully saturated rings. The number of sulfonamides is 1. The van der Waals surface area contributed by atoms with E-state index in [0.29, 0.717) is 17.9 Å². The minimum absolute atomic E-state index is 0.194. The lowest BCUT2D eigenvalue weighted by Crippen LogP contribution is -2.15. The van der Waals surface area contributed by atoms with Crippen molar-refractivity contribution in [1.82, 2.24) is 24.9 Å². The highest BCUT2D eigenvalue weighted by Gasteiger charge is 2.17. The number of nitrogens with one attached hydrogen (secondary N) is 1. The molecular formula is C24H19N7O2S. The summed E-state index contributed by atoms with van der Waals surface area (Å²) in [6.07, 6.45) is 4.22. The molecule has 0 aliphatic rings. The maximum atomic E-state index is 11.8. The van der Waals surface area contributed by atoms with Crippen LogP contribution < -0.4 is 10.5 Å². The number of pyridine rings is 1. The SMILES string of the molecule is NS(=O)(=O)c1cncc(-c2nc(NCc3ccccn3)c3c(-c4ccccc4)cccc3n2)n1. The summed E-state index contributed by atoms with van der Waals surface area (Å²) in [4.78, 5) is 21.8. The van der Waals surface area contributed by atoms with Crippen molar-refractivity contribution in [2.24, 2.45) is 5.14 Å². The van der Waals surface area contributed by atoms with Crippen LogP contribution in [0.3, 0.4) is 0 Å². The second-order valence-electron chi connectivity index (χ2n) is 7.42. The summed E-state index contributed by atoms with van der Waals surface area (Å²) in [5, 5.41) is 9.07. The van der Waals surface area contributed by atoms with Crippen molar-refractivity contribution in [3.05, 3.63) is 91.0 Å². The van der Waals surface area contributed by atoms with Gasteiger partial charge in [-0.25, -0.2) is 28.5 Å². The molecule has 3 heterocycles. The summed E-state index contributed by atoms with van der Waals surface area (Å²) >= 11 is 0.